The third kappa shape index (κ3) is 3.44. The van der Waals surface area contributed by atoms with Crippen molar-refractivity contribution in [2.24, 2.45) is 0 Å². The lowest BCUT2D eigenvalue weighted by atomic mass is 10.1. The Morgan fingerprint density at radius 3 is 3.00 bits per heavy atom. The fourth-order valence-electron chi connectivity index (χ4n) is 1.01. The summed E-state index contributed by atoms with van der Waals surface area (Å²) in [4.78, 5) is 11.1. The summed E-state index contributed by atoms with van der Waals surface area (Å²) in [6.45, 7) is 4.18. The molecule has 2 N–H and O–H groups in total. The van der Waals surface area contributed by atoms with Crippen LogP contribution in [0.3, 0.4) is 0 Å². The summed E-state index contributed by atoms with van der Waals surface area (Å²) in [6.07, 6.45) is 0. The van der Waals surface area contributed by atoms with Crippen LogP contribution in [0.5, 0.6) is 0 Å². The molecule has 0 aromatic carbocycles. The van der Waals surface area contributed by atoms with Crippen LogP contribution in [0.25, 0.3) is 0 Å². The Morgan fingerprint density at radius 1 is 1.80 bits per heavy atom. The van der Waals surface area contributed by atoms with Crippen LogP contribution in [0.4, 0.5) is 0 Å². The number of rotatable bonds is 6. The van der Waals surface area contributed by atoms with Gasteiger partial charge in [-0.05, 0) is 13.5 Å². The Morgan fingerprint density at radius 2 is 2.53 bits per heavy atom. The number of hydrogen-bond acceptors (Lipinski definition) is 6. The van der Waals surface area contributed by atoms with E-state index in [-0.39, 0.29) is 0 Å². The number of nitrogens with one attached hydrogen (secondary N) is 1. The largest absolute Gasteiger partial charge is 0.480 e. The smallest absolute Gasteiger partial charge is 0.324 e. The number of aromatic nitrogens is 2. The maximum absolute atomic E-state index is 11.1. The van der Waals surface area contributed by atoms with E-state index in [1.54, 1.807) is 12.4 Å². The molecule has 0 spiro atoms. The first-order chi connectivity index (χ1) is 7.08. The van der Waals surface area contributed by atoms with Gasteiger partial charge >= 0.3 is 5.97 Å². The molecule has 0 saturated heterocycles. The zero-order valence-electron chi connectivity index (χ0n) is 8.56. The fraction of sp³-hybridized carbons (Fsp3) is 0.625. The van der Waals surface area contributed by atoms with Crippen LogP contribution in [0.2, 0.25) is 0 Å². The molecule has 0 amide bonds. The monoisotopic (exact) mass is 247 g/mol. The van der Waals surface area contributed by atoms with Gasteiger partial charge in [0.25, 0.3) is 0 Å². The molecule has 5 nitrogen and oxygen atoms in total. The number of hydrogen-bond donors (Lipinski definition) is 2. The molecule has 1 atom stereocenters. The number of thioether (sulfide) groups is 1. The Kier molecular flexibility index (Phi) is 4.49. The van der Waals surface area contributed by atoms with Crippen LogP contribution in [-0.4, -0.2) is 39.1 Å². The second-order valence-corrected chi connectivity index (χ2v) is 5.22. The summed E-state index contributed by atoms with van der Waals surface area (Å²) in [7, 11) is 0. The molecular weight excluding hydrogens is 234 g/mol. The molecule has 1 unspecified atom stereocenters. The summed E-state index contributed by atoms with van der Waals surface area (Å²) in [5, 5.41) is 19.6. The van der Waals surface area contributed by atoms with Crippen LogP contribution >= 0.6 is 23.1 Å². The Bertz CT molecular complexity index is 318. The van der Waals surface area contributed by atoms with E-state index in [0.29, 0.717) is 12.3 Å². The van der Waals surface area contributed by atoms with Crippen molar-refractivity contribution >= 4 is 29.1 Å². The number of carbonyl (C=O) groups is 1. The van der Waals surface area contributed by atoms with Gasteiger partial charge in [0, 0.05) is 5.75 Å². The average molecular weight is 247 g/mol. The summed E-state index contributed by atoms with van der Waals surface area (Å²) >= 11 is 2.82. The maximum atomic E-state index is 11.1. The summed E-state index contributed by atoms with van der Waals surface area (Å²) in [5.74, 6) is -0.410. The molecule has 1 aromatic rings. The minimum absolute atomic E-state index is 0.436. The van der Waals surface area contributed by atoms with Gasteiger partial charge in [0.05, 0.1) is 0 Å². The minimum atomic E-state index is -0.912. The van der Waals surface area contributed by atoms with E-state index in [9.17, 15) is 4.79 Å². The average Bonchev–Trinajstić information content (AvgIpc) is 2.67. The molecule has 0 bridgehead atoms. The molecule has 1 aromatic heterocycles. The predicted octanol–water partition coefficient (Wildman–Crippen LogP) is 1.08. The van der Waals surface area contributed by atoms with Crippen LogP contribution in [0.15, 0.2) is 9.85 Å². The first kappa shape index (κ1) is 12.4. The van der Waals surface area contributed by atoms with E-state index in [1.807, 2.05) is 6.92 Å². The van der Waals surface area contributed by atoms with E-state index in [4.69, 9.17) is 5.11 Å². The number of likely N-dealkylation sites (N-methyl/N-ethyl adjacent to an activating group) is 1. The standard InChI is InChI=1S/C8H13N3O2S2/c1-3-9-8(2,6(12)13)4-14-7-11-10-5-15-7/h5,9H,3-4H2,1-2H3,(H,12,13). The van der Waals surface area contributed by atoms with Crippen molar-refractivity contribution in [2.45, 2.75) is 23.7 Å². The van der Waals surface area contributed by atoms with E-state index in [1.165, 1.54) is 23.1 Å². The second kappa shape index (κ2) is 5.43. The molecule has 0 aliphatic carbocycles. The van der Waals surface area contributed by atoms with Gasteiger partial charge in [0.2, 0.25) is 0 Å². The second-order valence-electron chi connectivity index (χ2n) is 3.16. The molecule has 0 radical (unpaired) electrons. The highest BCUT2D eigenvalue weighted by Crippen LogP contribution is 2.23. The zero-order chi connectivity index (χ0) is 11.3. The van der Waals surface area contributed by atoms with E-state index < -0.39 is 11.5 Å². The fourth-order valence-corrected chi connectivity index (χ4v) is 2.61. The lowest BCUT2D eigenvalue weighted by Crippen LogP contribution is -2.51. The Hall–Kier alpha value is -0.660. The summed E-state index contributed by atoms with van der Waals surface area (Å²) < 4.78 is 0.792. The third-order valence-electron chi connectivity index (χ3n) is 1.86. The maximum Gasteiger partial charge on any atom is 0.324 e. The highest BCUT2D eigenvalue weighted by molar-refractivity contribution is 8.01. The lowest BCUT2D eigenvalue weighted by molar-refractivity contribution is -0.143. The van der Waals surface area contributed by atoms with E-state index in [0.717, 1.165) is 4.34 Å². The highest BCUT2D eigenvalue weighted by Gasteiger charge is 2.32. The van der Waals surface area contributed by atoms with E-state index in [2.05, 4.69) is 15.5 Å². The van der Waals surface area contributed by atoms with Gasteiger partial charge in [0.15, 0.2) is 4.34 Å². The molecule has 1 rings (SSSR count). The SMILES string of the molecule is CCNC(C)(CSc1nncs1)C(=O)O. The van der Waals surface area contributed by atoms with E-state index >= 15 is 0 Å². The van der Waals surface area contributed by atoms with Crippen molar-refractivity contribution in [3.05, 3.63) is 5.51 Å². The van der Waals surface area contributed by atoms with Gasteiger partial charge < -0.3 is 10.4 Å². The van der Waals surface area contributed by atoms with Crippen molar-refractivity contribution in [1.29, 1.82) is 0 Å². The Balaban J connectivity index is 2.56. The minimum Gasteiger partial charge on any atom is -0.480 e. The predicted molar refractivity (Wildman–Crippen MR) is 60.4 cm³/mol. The first-order valence-electron chi connectivity index (χ1n) is 4.46. The van der Waals surface area contributed by atoms with Crippen molar-refractivity contribution < 1.29 is 9.90 Å². The molecule has 0 aliphatic rings. The summed E-state index contributed by atoms with van der Waals surface area (Å²) in [5.41, 5.74) is 0.721. The molecule has 0 fully saturated rings. The topological polar surface area (TPSA) is 75.1 Å². The Labute approximate surface area is 96.3 Å². The van der Waals surface area contributed by atoms with Crippen LogP contribution < -0.4 is 5.32 Å². The van der Waals surface area contributed by atoms with Crippen molar-refractivity contribution in [3.63, 3.8) is 0 Å². The molecule has 7 heteroatoms. The molecular formula is C8H13N3O2S2. The van der Waals surface area contributed by atoms with Crippen molar-refractivity contribution in [3.8, 4) is 0 Å². The quantitative estimate of drug-likeness (QED) is 0.733. The number of carboxylic acid groups (broad SMARTS) is 1. The van der Waals surface area contributed by atoms with Gasteiger partial charge in [0.1, 0.15) is 11.0 Å². The van der Waals surface area contributed by atoms with Crippen LogP contribution in [0, 0.1) is 0 Å². The van der Waals surface area contributed by atoms with Gasteiger partial charge in [-0.3, -0.25) is 4.79 Å². The molecule has 15 heavy (non-hydrogen) atoms. The number of aliphatic carboxylic acids is 1. The number of nitrogens with zero attached hydrogens (tertiary/aromatic N) is 2. The first-order valence-corrected chi connectivity index (χ1v) is 6.32. The van der Waals surface area contributed by atoms with Gasteiger partial charge in [-0.15, -0.1) is 10.2 Å². The molecule has 0 aliphatic heterocycles. The summed E-state index contributed by atoms with van der Waals surface area (Å²) in [6, 6.07) is 0. The number of carboxylic acids is 1. The van der Waals surface area contributed by atoms with Crippen molar-refractivity contribution in [1.82, 2.24) is 15.5 Å². The van der Waals surface area contributed by atoms with Gasteiger partial charge in [-0.1, -0.05) is 30.0 Å². The normalized spacial score (nSPS) is 14.8. The van der Waals surface area contributed by atoms with Gasteiger partial charge in [-0.25, -0.2) is 0 Å². The molecule has 84 valence electrons. The molecule has 0 saturated carbocycles. The van der Waals surface area contributed by atoms with Crippen LogP contribution in [0.1, 0.15) is 13.8 Å². The van der Waals surface area contributed by atoms with Crippen LogP contribution in [-0.2, 0) is 4.79 Å². The zero-order valence-corrected chi connectivity index (χ0v) is 10.2. The third-order valence-corrected chi connectivity index (χ3v) is 4.04. The lowest BCUT2D eigenvalue weighted by Gasteiger charge is -2.24. The molecule has 1 heterocycles. The van der Waals surface area contributed by atoms with Crippen molar-refractivity contribution in [2.75, 3.05) is 12.3 Å². The van der Waals surface area contributed by atoms with Gasteiger partial charge in [-0.2, -0.15) is 0 Å². The highest BCUT2D eigenvalue weighted by atomic mass is 32.2.